The van der Waals surface area contributed by atoms with Crippen molar-refractivity contribution in [1.29, 1.82) is 0 Å². The van der Waals surface area contributed by atoms with Crippen LogP contribution in [0.3, 0.4) is 0 Å². The number of ether oxygens (including phenoxy) is 1. The predicted molar refractivity (Wildman–Crippen MR) is 100 cm³/mol. The van der Waals surface area contributed by atoms with Gasteiger partial charge >= 0.3 is 5.97 Å². The first kappa shape index (κ1) is 18.9. The number of amides is 2. The number of thiazole rings is 1. The van der Waals surface area contributed by atoms with Crippen LogP contribution < -0.4 is 5.32 Å². The van der Waals surface area contributed by atoms with Crippen LogP contribution in [0.2, 0.25) is 5.02 Å². The van der Waals surface area contributed by atoms with Gasteiger partial charge < -0.3 is 15.0 Å². The zero-order chi connectivity index (χ0) is 18.7. The number of aromatic nitrogens is 1. The highest BCUT2D eigenvalue weighted by atomic mass is 35.5. The van der Waals surface area contributed by atoms with Gasteiger partial charge in [0.25, 0.3) is 0 Å². The van der Waals surface area contributed by atoms with Crippen molar-refractivity contribution < 1.29 is 19.1 Å². The Bertz CT molecular complexity index is 857. The monoisotopic (exact) mass is 413 g/mol. The Balaban J connectivity index is 1.66. The smallest absolute Gasteiger partial charge is 0.308 e. The molecule has 1 saturated heterocycles. The number of fused-ring (bicyclic) bond motifs is 1. The van der Waals surface area contributed by atoms with Gasteiger partial charge in [0.2, 0.25) is 11.8 Å². The Morgan fingerprint density at radius 3 is 3.08 bits per heavy atom. The predicted octanol–water partition coefficient (Wildman–Crippen LogP) is 1.93. The van der Waals surface area contributed by atoms with E-state index >= 15 is 0 Å². The molecule has 0 bridgehead atoms. The Morgan fingerprint density at radius 1 is 1.50 bits per heavy atom. The van der Waals surface area contributed by atoms with E-state index in [1.807, 2.05) is 6.07 Å². The molecule has 0 spiro atoms. The summed E-state index contributed by atoms with van der Waals surface area (Å²) in [5.74, 6) is -0.940. The standard InChI is InChI=1S/C16H16ClN3O4S2/c1-24-14(22)7-11-15(23)18-4-5-20(11)13(21)8-25-16-19-10-6-9(17)2-3-12(10)26-16/h2-3,6,11H,4-5,7-8H2,1H3,(H,18,23)/t11-/m1/s1. The van der Waals surface area contributed by atoms with Crippen molar-refractivity contribution in [3.63, 3.8) is 0 Å². The van der Waals surface area contributed by atoms with Crippen molar-refractivity contribution in [2.45, 2.75) is 16.8 Å². The fourth-order valence-electron chi connectivity index (χ4n) is 2.60. The lowest BCUT2D eigenvalue weighted by molar-refractivity contribution is -0.149. The number of halogens is 1. The SMILES string of the molecule is COC(=O)C[C@@H]1C(=O)NCCN1C(=O)CSc1nc2cc(Cl)ccc2s1. The maximum atomic E-state index is 12.6. The molecule has 1 atom stereocenters. The second kappa shape index (κ2) is 8.24. The van der Waals surface area contributed by atoms with Gasteiger partial charge in [0.1, 0.15) is 6.04 Å². The molecule has 7 nitrogen and oxygen atoms in total. The molecular formula is C16H16ClN3O4S2. The first-order valence-electron chi connectivity index (χ1n) is 7.81. The lowest BCUT2D eigenvalue weighted by Gasteiger charge is -2.34. The van der Waals surface area contributed by atoms with Gasteiger partial charge in [0.05, 0.1) is 29.5 Å². The third-order valence-electron chi connectivity index (χ3n) is 3.89. The van der Waals surface area contributed by atoms with Gasteiger partial charge in [-0.2, -0.15) is 0 Å². The summed E-state index contributed by atoms with van der Waals surface area (Å²) in [5, 5.41) is 3.28. The van der Waals surface area contributed by atoms with E-state index in [0.717, 1.165) is 14.6 Å². The van der Waals surface area contributed by atoms with E-state index in [2.05, 4.69) is 15.0 Å². The number of esters is 1. The summed E-state index contributed by atoms with van der Waals surface area (Å²) >= 11 is 8.75. The molecule has 1 N–H and O–H groups in total. The Labute approximate surface area is 163 Å². The molecule has 1 fully saturated rings. The fraction of sp³-hybridized carbons (Fsp3) is 0.375. The number of thioether (sulfide) groups is 1. The molecule has 0 unspecified atom stereocenters. The van der Waals surface area contributed by atoms with Gasteiger partial charge in [-0.05, 0) is 18.2 Å². The average molecular weight is 414 g/mol. The van der Waals surface area contributed by atoms with Gasteiger partial charge in [-0.3, -0.25) is 14.4 Å². The van der Waals surface area contributed by atoms with Crippen molar-refractivity contribution in [3.05, 3.63) is 23.2 Å². The van der Waals surface area contributed by atoms with E-state index in [9.17, 15) is 14.4 Å². The lowest BCUT2D eigenvalue weighted by Crippen LogP contribution is -2.58. The Morgan fingerprint density at radius 2 is 2.31 bits per heavy atom. The van der Waals surface area contributed by atoms with Crippen LogP contribution in [0.1, 0.15) is 6.42 Å². The maximum absolute atomic E-state index is 12.6. The fourth-order valence-corrected chi connectivity index (χ4v) is 4.71. The molecular weight excluding hydrogens is 398 g/mol. The molecule has 10 heteroatoms. The van der Waals surface area contributed by atoms with E-state index in [0.29, 0.717) is 18.1 Å². The molecule has 1 aliphatic heterocycles. The van der Waals surface area contributed by atoms with Crippen molar-refractivity contribution in [2.24, 2.45) is 0 Å². The van der Waals surface area contributed by atoms with E-state index < -0.39 is 12.0 Å². The summed E-state index contributed by atoms with van der Waals surface area (Å²) in [6.07, 6.45) is -0.154. The van der Waals surface area contributed by atoms with Crippen molar-refractivity contribution >= 4 is 62.7 Å². The normalized spacial score (nSPS) is 17.2. The molecule has 1 aliphatic rings. The number of hydrogen-bond acceptors (Lipinski definition) is 7. The van der Waals surface area contributed by atoms with Crippen molar-refractivity contribution in [2.75, 3.05) is 26.0 Å². The second-order valence-electron chi connectivity index (χ2n) is 5.55. The van der Waals surface area contributed by atoms with Gasteiger partial charge in [0, 0.05) is 18.1 Å². The molecule has 0 saturated carbocycles. The van der Waals surface area contributed by atoms with Crippen LogP contribution in [0.25, 0.3) is 10.2 Å². The number of nitrogens with zero attached hydrogens (tertiary/aromatic N) is 2. The topological polar surface area (TPSA) is 88.6 Å². The van der Waals surface area contributed by atoms with E-state index in [1.54, 1.807) is 12.1 Å². The summed E-state index contributed by atoms with van der Waals surface area (Å²) in [6.45, 7) is 0.731. The molecule has 0 aliphatic carbocycles. The van der Waals surface area contributed by atoms with Gasteiger partial charge in [-0.25, -0.2) is 4.98 Å². The van der Waals surface area contributed by atoms with E-state index in [1.165, 1.54) is 35.1 Å². The van der Waals surface area contributed by atoms with E-state index in [4.69, 9.17) is 11.6 Å². The van der Waals surface area contributed by atoms with Crippen LogP contribution in [0.4, 0.5) is 0 Å². The lowest BCUT2D eigenvalue weighted by atomic mass is 10.1. The summed E-state index contributed by atoms with van der Waals surface area (Å²) in [5.41, 5.74) is 0.790. The molecule has 2 heterocycles. The highest BCUT2D eigenvalue weighted by Gasteiger charge is 2.34. The summed E-state index contributed by atoms with van der Waals surface area (Å²) < 4.78 is 6.36. The molecule has 138 valence electrons. The summed E-state index contributed by atoms with van der Waals surface area (Å²) in [7, 11) is 1.25. The number of hydrogen-bond donors (Lipinski definition) is 1. The second-order valence-corrected chi connectivity index (χ2v) is 8.24. The minimum Gasteiger partial charge on any atom is -0.469 e. The molecule has 26 heavy (non-hydrogen) atoms. The van der Waals surface area contributed by atoms with Crippen LogP contribution in [-0.4, -0.2) is 59.7 Å². The summed E-state index contributed by atoms with van der Waals surface area (Å²) in [6, 6.07) is 4.63. The molecule has 3 rings (SSSR count). The molecule has 1 aromatic carbocycles. The molecule has 0 radical (unpaired) electrons. The number of carbonyl (C=O) groups is 3. The highest BCUT2D eigenvalue weighted by Crippen LogP contribution is 2.31. The van der Waals surface area contributed by atoms with Crippen LogP contribution >= 0.6 is 34.7 Å². The zero-order valence-corrected chi connectivity index (χ0v) is 16.2. The maximum Gasteiger partial charge on any atom is 0.308 e. The van der Waals surface area contributed by atoms with Crippen molar-refractivity contribution in [1.82, 2.24) is 15.2 Å². The number of carbonyl (C=O) groups excluding carboxylic acids is 3. The summed E-state index contributed by atoms with van der Waals surface area (Å²) in [4.78, 5) is 42.1. The van der Waals surface area contributed by atoms with Gasteiger partial charge in [-0.1, -0.05) is 23.4 Å². The highest BCUT2D eigenvalue weighted by molar-refractivity contribution is 8.01. The third kappa shape index (κ3) is 4.28. The quantitative estimate of drug-likeness (QED) is 0.595. The molecule has 1 aromatic heterocycles. The van der Waals surface area contributed by atoms with E-state index in [-0.39, 0.29) is 24.0 Å². The number of nitrogens with one attached hydrogen (secondary N) is 1. The minimum atomic E-state index is -0.835. The number of benzene rings is 1. The number of piperazine rings is 1. The van der Waals surface area contributed by atoms with Crippen LogP contribution in [0.5, 0.6) is 0 Å². The largest absolute Gasteiger partial charge is 0.469 e. The zero-order valence-electron chi connectivity index (χ0n) is 13.9. The van der Waals surface area contributed by atoms with Gasteiger partial charge in [-0.15, -0.1) is 11.3 Å². The first-order valence-corrected chi connectivity index (χ1v) is 9.99. The minimum absolute atomic E-state index is 0.137. The Hall–Kier alpha value is -1.84. The molecule has 2 amide bonds. The van der Waals surface area contributed by atoms with Crippen molar-refractivity contribution in [3.8, 4) is 0 Å². The van der Waals surface area contributed by atoms with Gasteiger partial charge in [0.15, 0.2) is 4.34 Å². The van der Waals surface area contributed by atoms with Crippen LogP contribution in [0.15, 0.2) is 22.5 Å². The third-order valence-corrected chi connectivity index (χ3v) is 6.29. The van der Waals surface area contributed by atoms with Crippen LogP contribution in [-0.2, 0) is 19.1 Å². The number of methoxy groups -OCH3 is 1. The average Bonchev–Trinajstić information content (AvgIpc) is 3.03. The number of rotatable bonds is 5. The molecule has 2 aromatic rings. The first-order chi connectivity index (χ1) is 12.5. The van der Waals surface area contributed by atoms with Crippen LogP contribution in [0, 0.1) is 0 Å². The Kier molecular flexibility index (Phi) is 6.00.